The lowest BCUT2D eigenvalue weighted by atomic mass is 10.0. The van der Waals surface area contributed by atoms with Gasteiger partial charge in [-0.2, -0.15) is 0 Å². The van der Waals surface area contributed by atoms with E-state index in [4.69, 9.17) is 5.11 Å². The van der Waals surface area contributed by atoms with E-state index in [-0.39, 0.29) is 22.9 Å². The maximum absolute atomic E-state index is 12.4. The molecule has 1 fully saturated rings. The van der Waals surface area contributed by atoms with E-state index in [1.54, 1.807) is 13.8 Å². The Labute approximate surface area is 120 Å². The van der Waals surface area contributed by atoms with Crippen molar-refractivity contribution >= 4 is 33.7 Å². The average molecular weight is 335 g/mol. The van der Waals surface area contributed by atoms with Gasteiger partial charge in [0.25, 0.3) is 0 Å². The van der Waals surface area contributed by atoms with Gasteiger partial charge in [-0.15, -0.1) is 0 Å². The number of ketones is 1. The monoisotopic (exact) mass is 334 g/mol. The molecule has 7 heteroatoms. The SMILES string of the molecule is CC(C)[C@H](NC(=O)O)C(=O)N1CCC[C@H]1C(=O)CBr. The second kappa shape index (κ2) is 6.88. The molecule has 0 bridgehead atoms. The van der Waals surface area contributed by atoms with Crippen molar-refractivity contribution in [3.8, 4) is 0 Å². The Kier molecular flexibility index (Phi) is 5.78. The number of nitrogens with zero attached hydrogens (tertiary/aromatic N) is 1. The molecule has 0 saturated carbocycles. The highest BCUT2D eigenvalue weighted by atomic mass is 79.9. The molecular weight excluding hydrogens is 316 g/mol. The zero-order valence-electron chi connectivity index (χ0n) is 11.1. The van der Waals surface area contributed by atoms with Crippen LogP contribution >= 0.6 is 15.9 Å². The first-order valence-corrected chi connectivity index (χ1v) is 7.39. The van der Waals surface area contributed by atoms with Gasteiger partial charge in [0.2, 0.25) is 5.91 Å². The molecule has 1 rings (SSSR count). The predicted molar refractivity (Wildman–Crippen MR) is 73.3 cm³/mol. The molecule has 0 spiro atoms. The number of alkyl halides is 1. The van der Waals surface area contributed by atoms with Gasteiger partial charge < -0.3 is 15.3 Å². The van der Waals surface area contributed by atoms with Crippen LogP contribution in [0.25, 0.3) is 0 Å². The van der Waals surface area contributed by atoms with Crippen LogP contribution < -0.4 is 5.32 Å². The summed E-state index contributed by atoms with van der Waals surface area (Å²) in [6.07, 6.45) is 0.191. The molecule has 1 heterocycles. The Morgan fingerprint density at radius 1 is 1.42 bits per heavy atom. The van der Waals surface area contributed by atoms with E-state index in [0.29, 0.717) is 13.0 Å². The van der Waals surface area contributed by atoms with Gasteiger partial charge in [0.1, 0.15) is 6.04 Å². The van der Waals surface area contributed by atoms with Crippen LogP contribution in [0.15, 0.2) is 0 Å². The summed E-state index contributed by atoms with van der Waals surface area (Å²) < 4.78 is 0. The molecule has 1 saturated heterocycles. The van der Waals surface area contributed by atoms with Crippen LogP contribution in [0.5, 0.6) is 0 Å². The Hall–Kier alpha value is -1.11. The van der Waals surface area contributed by atoms with Crippen molar-refractivity contribution in [2.45, 2.75) is 38.8 Å². The van der Waals surface area contributed by atoms with Gasteiger partial charge in [0.15, 0.2) is 5.78 Å². The van der Waals surface area contributed by atoms with Gasteiger partial charge in [-0.1, -0.05) is 29.8 Å². The largest absolute Gasteiger partial charge is 0.465 e. The number of nitrogens with one attached hydrogen (secondary N) is 1. The maximum Gasteiger partial charge on any atom is 0.405 e. The Morgan fingerprint density at radius 2 is 2.05 bits per heavy atom. The van der Waals surface area contributed by atoms with Gasteiger partial charge in [0.05, 0.1) is 11.4 Å². The number of Topliss-reactive ketones (excluding diaryl/α,β-unsaturated/α-hetero) is 1. The van der Waals surface area contributed by atoms with Gasteiger partial charge in [-0.25, -0.2) is 4.79 Å². The number of rotatable bonds is 5. The Bertz CT molecular complexity index is 373. The first-order valence-electron chi connectivity index (χ1n) is 6.27. The highest BCUT2D eigenvalue weighted by Crippen LogP contribution is 2.21. The average Bonchev–Trinajstić information content (AvgIpc) is 2.82. The number of carboxylic acid groups (broad SMARTS) is 1. The smallest absolute Gasteiger partial charge is 0.405 e. The normalized spacial score (nSPS) is 20.4. The minimum atomic E-state index is -1.23. The lowest BCUT2D eigenvalue weighted by molar-refractivity contribution is -0.139. The molecule has 1 aliphatic heterocycles. The molecule has 0 aliphatic carbocycles. The van der Waals surface area contributed by atoms with Gasteiger partial charge >= 0.3 is 6.09 Å². The Morgan fingerprint density at radius 3 is 2.53 bits per heavy atom. The molecule has 19 heavy (non-hydrogen) atoms. The van der Waals surface area contributed by atoms with Gasteiger partial charge in [0, 0.05) is 6.54 Å². The summed E-state index contributed by atoms with van der Waals surface area (Å²) in [6, 6.07) is -1.23. The zero-order chi connectivity index (χ0) is 14.6. The number of likely N-dealkylation sites (tertiary alicyclic amines) is 1. The molecule has 2 amide bonds. The maximum atomic E-state index is 12.4. The van der Waals surface area contributed by atoms with E-state index in [0.717, 1.165) is 6.42 Å². The van der Waals surface area contributed by atoms with Crippen LogP contribution in [-0.2, 0) is 9.59 Å². The molecule has 1 aliphatic rings. The molecule has 0 aromatic heterocycles. The van der Waals surface area contributed by atoms with E-state index in [9.17, 15) is 14.4 Å². The van der Waals surface area contributed by atoms with Crippen LogP contribution in [0.4, 0.5) is 4.79 Å². The van der Waals surface area contributed by atoms with E-state index in [1.807, 2.05) is 0 Å². The number of hydrogen-bond donors (Lipinski definition) is 2. The molecule has 6 nitrogen and oxygen atoms in total. The quantitative estimate of drug-likeness (QED) is 0.740. The van der Waals surface area contributed by atoms with E-state index >= 15 is 0 Å². The number of hydrogen-bond acceptors (Lipinski definition) is 3. The van der Waals surface area contributed by atoms with Crippen LogP contribution in [-0.4, -0.2) is 51.7 Å². The summed E-state index contributed by atoms with van der Waals surface area (Å²) >= 11 is 3.11. The fraction of sp³-hybridized carbons (Fsp3) is 0.750. The topological polar surface area (TPSA) is 86.7 Å². The van der Waals surface area contributed by atoms with E-state index in [1.165, 1.54) is 4.90 Å². The van der Waals surface area contributed by atoms with Crippen LogP contribution in [0.1, 0.15) is 26.7 Å². The molecule has 2 atom stereocenters. The van der Waals surface area contributed by atoms with Crippen molar-refractivity contribution in [3.63, 3.8) is 0 Å². The first-order chi connectivity index (χ1) is 8.88. The van der Waals surface area contributed by atoms with Crippen LogP contribution in [0.2, 0.25) is 0 Å². The number of halogens is 1. The number of carbonyl (C=O) groups is 3. The van der Waals surface area contributed by atoms with Gasteiger partial charge in [-0.05, 0) is 18.8 Å². The lowest BCUT2D eigenvalue weighted by Gasteiger charge is -2.29. The van der Waals surface area contributed by atoms with Crippen molar-refractivity contribution in [1.29, 1.82) is 0 Å². The predicted octanol–water partition coefficient (Wildman–Crippen LogP) is 1.23. The molecule has 108 valence electrons. The number of amides is 2. The molecule has 0 radical (unpaired) electrons. The summed E-state index contributed by atoms with van der Waals surface area (Å²) in [4.78, 5) is 36.4. The third kappa shape index (κ3) is 3.92. The minimum Gasteiger partial charge on any atom is -0.465 e. The van der Waals surface area contributed by atoms with Crippen LogP contribution in [0.3, 0.4) is 0 Å². The van der Waals surface area contributed by atoms with Crippen LogP contribution in [0, 0.1) is 5.92 Å². The molecule has 0 aromatic carbocycles. The fourth-order valence-electron chi connectivity index (χ4n) is 2.28. The number of carbonyl (C=O) groups excluding carboxylic acids is 2. The molecule has 0 unspecified atom stereocenters. The first kappa shape index (κ1) is 15.9. The third-order valence-electron chi connectivity index (χ3n) is 3.25. The van der Waals surface area contributed by atoms with Gasteiger partial charge in [-0.3, -0.25) is 9.59 Å². The minimum absolute atomic E-state index is 0.0383. The second-order valence-electron chi connectivity index (χ2n) is 4.96. The molecule has 2 N–H and O–H groups in total. The second-order valence-corrected chi connectivity index (χ2v) is 5.52. The van der Waals surface area contributed by atoms with Crippen molar-refractivity contribution in [1.82, 2.24) is 10.2 Å². The zero-order valence-corrected chi connectivity index (χ0v) is 12.6. The summed E-state index contributed by atoms with van der Waals surface area (Å²) in [6.45, 7) is 4.05. The lowest BCUT2D eigenvalue weighted by Crippen LogP contribution is -2.53. The van der Waals surface area contributed by atoms with E-state index < -0.39 is 18.2 Å². The standard InChI is InChI=1S/C12H19BrN2O4/c1-7(2)10(14-12(18)19)11(17)15-5-3-4-8(15)9(16)6-13/h7-8,10,14H,3-6H2,1-2H3,(H,18,19)/t8-,10-/m0/s1. The van der Waals surface area contributed by atoms with Crippen molar-refractivity contribution in [2.75, 3.05) is 11.9 Å². The van der Waals surface area contributed by atoms with Crippen molar-refractivity contribution < 1.29 is 19.5 Å². The highest BCUT2D eigenvalue weighted by molar-refractivity contribution is 9.09. The fourth-order valence-corrected chi connectivity index (χ4v) is 2.65. The Balaban J connectivity index is 2.83. The third-order valence-corrected chi connectivity index (χ3v) is 3.80. The summed E-state index contributed by atoms with van der Waals surface area (Å²) in [7, 11) is 0. The summed E-state index contributed by atoms with van der Waals surface area (Å²) in [5.41, 5.74) is 0. The van der Waals surface area contributed by atoms with Crippen molar-refractivity contribution in [3.05, 3.63) is 0 Å². The summed E-state index contributed by atoms with van der Waals surface area (Å²) in [5, 5.41) is 11.2. The molecular formula is C12H19BrN2O4. The van der Waals surface area contributed by atoms with E-state index in [2.05, 4.69) is 21.2 Å². The highest BCUT2D eigenvalue weighted by Gasteiger charge is 2.37. The molecule has 0 aromatic rings. The summed E-state index contributed by atoms with van der Waals surface area (Å²) in [5.74, 6) is -0.512. The van der Waals surface area contributed by atoms with Crippen molar-refractivity contribution in [2.24, 2.45) is 5.92 Å².